The Morgan fingerprint density at radius 1 is 0.947 bits per heavy atom. The van der Waals surface area contributed by atoms with Gasteiger partial charge in [-0.05, 0) is 12.5 Å². The number of nitrogens with zero attached hydrogens (tertiary/aromatic N) is 2. The van der Waals surface area contributed by atoms with E-state index in [0.29, 0.717) is 19.6 Å². The third-order valence-electron chi connectivity index (χ3n) is 6.48. The predicted octanol–water partition coefficient (Wildman–Crippen LogP) is 5.13. The topological polar surface area (TPSA) is 146 Å². The van der Waals surface area contributed by atoms with E-state index in [9.17, 15) is 14.5 Å². The number of nitrogen functional groups attached to an aromatic ring is 1. The first kappa shape index (κ1) is 34.6. The molecule has 0 fully saturated rings. The molecule has 38 heavy (non-hydrogen) atoms. The molecule has 0 saturated carbocycles. The molecule has 4 N–H and O–H groups in total. The third-order valence-corrected chi connectivity index (χ3v) is 6.96. The van der Waals surface area contributed by atoms with Crippen LogP contribution in [-0.4, -0.2) is 58.2 Å². The summed E-state index contributed by atoms with van der Waals surface area (Å²) < 4.78 is 28.8. The van der Waals surface area contributed by atoms with Crippen molar-refractivity contribution in [3.63, 3.8) is 0 Å². The molecule has 0 aliphatic heterocycles. The summed E-state index contributed by atoms with van der Waals surface area (Å²) in [4.78, 5) is 24.7. The lowest BCUT2D eigenvalue weighted by atomic mass is 10.0. The molecule has 1 aromatic heterocycles. The summed E-state index contributed by atoms with van der Waals surface area (Å²) in [5.74, 6) is 0.113. The van der Waals surface area contributed by atoms with Crippen LogP contribution in [0.4, 0.5) is 5.82 Å². The fourth-order valence-electron chi connectivity index (χ4n) is 4.22. The monoisotopic (exact) mass is 560 g/mol. The van der Waals surface area contributed by atoms with E-state index in [0.717, 1.165) is 12.8 Å². The molecule has 0 aromatic carbocycles. The number of rotatable bonds is 26. The maximum atomic E-state index is 11.9. The number of ether oxygens (including phenoxy) is 2. The van der Waals surface area contributed by atoms with Gasteiger partial charge in [0.05, 0.1) is 25.9 Å². The Morgan fingerprint density at radius 3 is 2.05 bits per heavy atom. The van der Waals surface area contributed by atoms with E-state index in [1.54, 1.807) is 0 Å². The summed E-state index contributed by atoms with van der Waals surface area (Å²) in [6, 6.07) is 1.48. The van der Waals surface area contributed by atoms with Crippen molar-refractivity contribution in [2.45, 2.75) is 122 Å². The van der Waals surface area contributed by atoms with Crippen LogP contribution >= 0.6 is 8.25 Å². The second-order valence-electron chi connectivity index (χ2n) is 9.89. The molecule has 220 valence electrons. The van der Waals surface area contributed by atoms with Crippen LogP contribution in [0.2, 0.25) is 0 Å². The zero-order chi connectivity index (χ0) is 27.8. The maximum Gasteiger partial charge on any atom is 0.695 e. The number of aromatic nitrogens is 2. The number of anilines is 1. The van der Waals surface area contributed by atoms with Crippen LogP contribution in [0.25, 0.3) is 0 Å². The Bertz CT molecular complexity index is 781. The van der Waals surface area contributed by atoms with E-state index in [1.807, 2.05) is 0 Å². The summed E-state index contributed by atoms with van der Waals surface area (Å²) in [5, 5.41) is 9.60. The molecule has 0 amide bonds. The van der Waals surface area contributed by atoms with Gasteiger partial charge in [0, 0.05) is 30.4 Å². The largest absolute Gasteiger partial charge is 0.695 e. The SMILES string of the molecule is CCCCCCCCCCCCCCCCOCCC(CO[C@H](CO)Cn1ccc(N)nc1=O)O[P+](=O)O. The molecule has 0 saturated heterocycles. The number of nitrogens with two attached hydrogens (primary N) is 1. The number of hydrogen-bond acceptors (Lipinski definition) is 8. The first-order valence-electron chi connectivity index (χ1n) is 14.4. The van der Waals surface area contributed by atoms with Gasteiger partial charge in [0.2, 0.25) is 0 Å². The molecular formula is C27H51N3O7P+. The molecular weight excluding hydrogens is 509 g/mol. The van der Waals surface area contributed by atoms with E-state index in [4.69, 9.17) is 24.6 Å². The molecule has 1 rings (SSSR count). The van der Waals surface area contributed by atoms with Gasteiger partial charge < -0.3 is 20.3 Å². The molecule has 10 nitrogen and oxygen atoms in total. The minimum absolute atomic E-state index is 0.0216. The van der Waals surface area contributed by atoms with Crippen LogP contribution in [-0.2, 0) is 25.1 Å². The van der Waals surface area contributed by atoms with E-state index < -0.39 is 26.2 Å². The minimum atomic E-state index is -2.80. The second kappa shape index (κ2) is 23.5. The quantitative estimate of drug-likeness (QED) is 0.104. The highest BCUT2D eigenvalue weighted by Crippen LogP contribution is 2.21. The summed E-state index contributed by atoms with van der Waals surface area (Å²) in [6.45, 7) is 2.98. The molecule has 1 heterocycles. The standard InChI is InChI=1S/C27H50N3O7P/c1-2-3-4-5-6-7-8-9-10-11-12-13-14-15-19-35-20-17-24(37-38(33)34)23-36-25(22-31)21-30-18-16-26(28)29-27(30)32/h16,18,24-25,31H,2-15,17,19-23H2,1H3,(H2-,28,29,32,33,34)/p+1/t24?,25-/m0/s1. The van der Waals surface area contributed by atoms with E-state index in [1.165, 1.54) is 93.9 Å². The number of hydrogen-bond donors (Lipinski definition) is 3. The predicted molar refractivity (Wildman–Crippen MR) is 150 cm³/mol. The third kappa shape index (κ3) is 18.8. The van der Waals surface area contributed by atoms with E-state index >= 15 is 0 Å². The van der Waals surface area contributed by atoms with Crippen LogP contribution in [0.3, 0.4) is 0 Å². The van der Waals surface area contributed by atoms with Gasteiger partial charge in [-0.2, -0.15) is 4.98 Å². The van der Waals surface area contributed by atoms with Gasteiger partial charge in [0.15, 0.2) is 0 Å². The van der Waals surface area contributed by atoms with Crippen LogP contribution < -0.4 is 11.4 Å². The van der Waals surface area contributed by atoms with Gasteiger partial charge in [-0.3, -0.25) is 4.57 Å². The molecule has 0 aliphatic rings. The van der Waals surface area contributed by atoms with E-state index in [2.05, 4.69) is 11.9 Å². The number of aliphatic hydroxyl groups excluding tert-OH is 1. The Hall–Kier alpha value is -1.42. The Kier molecular flexibility index (Phi) is 21.4. The highest BCUT2D eigenvalue weighted by molar-refractivity contribution is 7.32. The fraction of sp³-hybridized carbons (Fsp3) is 0.852. The van der Waals surface area contributed by atoms with Crippen molar-refractivity contribution in [3.8, 4) is 0 Å². The minimum Gasteiger partial charge on any atom is -0.394 e. The Labute approximate surface area is 229 Å². The summed E-state index contributed by atoms with van der Waals surface area (Å²) >= 11 is 0. The number of aliphatic hydroxyl groups is 1. The molecule has 3 atom stereocenters. The highest BCUT2D eigenvalue weighted by Gasteiger charge is 2.25. The summed E-state index contributed by atoms with van der Waals surface area (Å²) in [7, 11) is -2.80. The van der Waals surface area contributed by atoms with Crippen molar-refractivity contribution >= 4 is 14.1 Å². The zero-order valence-electron chi connectivity index (χ0n) is 23.3. The van der Waals surface area contributed by atoms with Gasteiger partial charge >= 0.3 is 13.9 Å². The van der Waals surface area contributed by atoms with Gasteiger partial charge in [-0.1, -0.05) is 90.4 Å². The van der Waals surface area contributed by atoms with Crippen molar-refractivity contribution in [2.75, 3.05) is 32.2 Å². The van der Waals surface area contributed by atoms with Crippen LogP contribution in [0.15, 0.2) is 17.1 Å². The average molecular weight is 561 g/mol. The van der Waals surface area contributed by atoms with Crippen LogP contribution in [0.5, 0.6) is 0 Å². The molecule has 0 aliphatic carbocycles. The van der Waals surface area contributed by atoms with E-state index in [-0.39, 0.29) is 25.6 Å². The average Bonchev–Trinajstić information content (AvgIpc) is 2.88. The first-order chi connectivity index (χ1) is 18.5. The lowest BCUT2D eigenvalue weighted by molar-refractivity contribution is -0.0401. The van der Waals surface area contributed by atoms with Gasteiger partial charge in [0.25, 0.3) is 0 Å². The molecule has 0 bridgehead atoms. The fourth-order valence-corrected chi connectivity index (χ4v) is 4.64. The van der Waals surface area contributed by atoms with Gasteiger partial charge in [-0.15, -0.1) is 9.42 Å². The summed E-state index contributed by atoms with van der Waals surface area (Å²) in [5.41, 5.74) is 4.94. The van der Waals surface area contributed by atoms with Gasteiger partial charge in [0.1, 0.15) is 11.9 Å². The van der Waals surface area contributed by atoms with Crippen molar-refractivity contribution in [1.29, 1.82) is 0 Å². The lowest BCUT2D eigenvalue weighted by Crippen LogP contribution is -2.34. The molecule has 0 spiro atoms. The molecule has 2 unspecified atom stereocenters. The van der Waals surface area contributed by atoms with Crippen molar-refractivity contribution in [1.82, 2.24) is 9.55 Å². The van der Waals surface area contributed by atoms with Crippen molar-refractivity contribution < 1.29 is 28.6 Å². The normalized spacial score (nSPS) is 13.5. The maximum absolute atomic E-state index is 11.9. The molecule has 1 aromatic rings. The summed E-state index contributed by atoms with van der Waals surface area (Å²) in [6.07, 6.45) is 18.8. The zero-order valence-corrected chi connectivity index (χ0v) is 24.2. The van der Waals surface area contributed by atoms with Crippen LogP contribution in [0, 0.1) is 0 Å². The second-order valence-corrected chi connectivity index (χ2v) is 10.6. The number of unbranched alkanes of at least 4 members (excludes halogenated alkanes) is 13. The van der Waals surface area contributed by atoms with Crippen molar-refractivity contribution in [2.24, 2.45) is 0 Å². The van der Waals surface area contributed by atoms with Crippen LogP contribution in [0.1, 0.15) is 103 Å². The highest BCUT2D eigenvalue weighted by atomic mass is 31.1. The Morgan fingerprint density at radius 2 is 1.53 bits per heavy atom. The Balaban J connectivity index is 2.09. The lowest BCUT2D eigenvalue weighted by Gasteiger charge is -2.19. The van der Waals surface area contributed by atoms with Crippen molar-refractivity contribution in [3.05, 3.63) is 22.7 Å². The van der Waals surface area contributed by atoms with Gasteiger partial charge in [-0.25, -0.2) is 4.79 Å². The molecule has 11 heteroatoms. The first-order valence-corrected chi connectivity index (χ1v) is 15.5. The smallest absolute Gasteiger partial charge is 0.394 e. The molecule has 0 radical (unpaired) electrons.